The van der Waals surface area contributed by atoms with Crippen molar-refractivity contribution in [1.82, 2.24) is 14.1 Å². The predicted molar refractivity (Wildman–Crippen MR) is 334 cm³/mol. The Morgan fingerprint density at radius 2 is 1.05 bits per heavy atom. The molecule has 0 atom stereocenters. The molecule has 13 aromatic rings. The first-order valence-corrected chi connectivity index (χ1v) is 28.6. The number of nitrogens with zero attached hydrogens (tertiary/aromatic N) is 4. The highest BCUT2D eigenvalue weighted by molar-refractivity contribution is 7.20. The second-order valence-electron chi connectivity index (χ2n) is 22.3. The Hall–Kier alpha value is -9.36. The highest BCUT2D eigenvalue weighted by Gasteiger charge is 2.42. The van der Waals surface area contributed by atoms with E-state index in [1.165, 1.54) is 0 Å². The molecule has 4 heterocycles. The highest BCUT2D eigenvalue weighted by Crippen LogP contribution is 2.45. The fraction of sp³-hybridized carbons (Fsp3) is 0.108. The molecule has 10 aromatic carbocycles. The van der Waals surface area contributed by atoms with Crippen molar-refractivity contribution < 1.29 is 29.9 Å². The highest BCUT2D eigenvalue weighted by atomic mass is 28.3. The minimum atomic E-state index is -5.55. The topological polar surface area (TPSA) is 35.9 Å². The standard InChI is InChI=1S/C74H61N4OSi/c1-73(2,3)50-43-44-75-70(45-50)78-67-37-19-18-33-61(67)62-41-39-53(47-69(62)78)79-52-24-20-23-51(46-52)76-49-77-71-64(34-21-36-66(71)74(4,5)6)65-48-57(40-42-60(65)58-31-16-17-32-59(58)63-35-22-38-68(76)72(63)77)80(54-25-10-7-11-26-54,55-27-12-8-13-28-55)56-29-14-9-15-30-56/h7-49H,1-6H3/q+1/i7D,8D,9D,10D,11D,12D,13D,14D,15D,25D,26D,27D,28D,29D,30D. The first-order chi connectivity index (χ1) is 45.2. The van der Waals surface area contributed by atoms with Crippen LogP contribution < -0.4 is 30.1 Å². The Kier molecular flexibility index (Phi) is 8.33. The lowest BCUT2D eigenvalue weighted by Gasteiger charge is -2.35. The third-order valence-electron chi connectivity index (χ3n) is 15.5. The zero-order valence-corrected chi connectivity index (χ0v) is 45.9. The number of benzene rings is 10. The van der Waals surface area contributed by atoms with Crippen molar-refractivity contribution in [2.75, 3.05) is 0 Å². The number of hydrogen-bond donors (Lipinski definition) is 0. The minimum absolute atomic E-state index is 0.00440. The molecule has 0 bridgehead atoms. The van der Waals surface area contributed by atoms with Gasteiger partial charge in [-0.1, -0.05) is 223 Å². The average molecular weight is 1070 g/mol. The molecule has 0 saturated heterocycles. The molecule has 0 unspecified atom stereocenters. The molecule has 0 aliphatic carbocycles. The van der Waals surface area contributed by atoms with Crippen molar-refractivity contribution >= 4 is 61.7 Å². The lowest BCUT2D eigenvalue weighted by atomic mass is 9.82. The molecule has 6 heteroatoms. The molecule has 0 amide bonds. The van der Waals surface area contributed by atoms with Crippen LogP contribution in [0.15, 0.2) is 261 Å². The van der Waals surface area contributed by atoms with Gasteiger partial charge < -0.3 is 4.74 Å². The number of rotatable bonds is 8. The van der Waals surface area contributed by atoms with E-state index in [0.717, 1.165) is 72.2 Å². The number of hydrogen-bond acceptors (Lipinski definition) is 2. The molecular weight excluding hydrogens is 989 g/mol. The monoisotopic (exact) mass is 1060 g/mol. The molecule has 0 spiro atoms. The third-order valence-corrected chi connectivity index (χ3v) is 19.7. The summed E-state index contributed by atoms with van der Waals surface area (Å²) in [7, 11) is -5.55. The smallest absolute Gasteiger partial charge is 0.255 e. The van der Waals surface area contributed by atoms with Crippen LogP contribution in [0.1, 0.15) is 73.2 Å². The zero-order valence-electron chi connectivity index (χ0n) is 59.9. The summed E-state index contributed by atoms with van der Waals surface area (Å²) in [5, 5.41) is 0.432. The van der Waals surface area contributed by atoms with Gasteiger partial charge >= 0.3 is 0 Å². The molecule has 14 rings (SSSR count). The van der Waals surface area contributed by atoms with Crippen molar-refractivity contribution in [1.29, 1.82) is 0 Å². The van der Waals surface area contributed by atoms with Crippen molar-refractivity contribution in [3.05, 3.63) is 272 Å². The van der Waals surface area contributed by atoms with Gasteiger partial charge in [0, 0.05) is 45.8 Å². The maximum Gasteiger partial charge on any atom is 0.255 e. The largest absolute Gasteiger partial charge is 0.457 e. The van der Waals surface area contributed by atoms with Crippen LogP contribution in [0.2, 0.25) is 0 Å². The Balaban J connectivity index is 1.04. The van der Waals surface area contributed by atoms with Crippen LogP contribution in [0.4, 0.5) is 0 Å². The van der Waals surface area contributed by atoms with E-state index in [-0.39, 0.29) is 10.6 Å². The number of imidazole rings is 1. The number of pyridine rings is 1. The van der Waals surface area contributed by atoms with Crippen LogP contribution in [0.5, 0.6) is 11.5 Å². The molecule has 80 heavy (non-hydrogen) atoms. The Labute approximate surface area is 490 Å². The normalized spacial score (nSPS) is 15.0. The summed E-state index contributed by atoms with van der Waals surface area (Å²) in [6.45, 7) is 12.9. The van der Waals surface area contributed by atoms with E-state index in [4.69, 9.17) is 13.8 Å². The summed E-state index contributed by atoms with van der Waals surface area (Å²) >= 11 is 0. The molecule has 386 valence electrons. The van der Waals surface area contributed by atoms with Gasteiger partial charge in [0.1, 0.15) is 28.7 Å². The molecule has 3 aromatic heterocycles. The van der Waals surface area contributed by atoms with Gasteiger partial charge in [-0.05, 0) is 114 Å². The van der Waals surface area contributed by atoms with Gasteiger partial charge in [-0.2, -0.15) is 9.13 Å². The number of aromatic nitrogens is 4. The van der Waals surface area contributed by atoms with Crippen LogP contribution in [0, 0.1) is 0 Å². The molecule has 0 fully saturated rings. The van der Waals surface area contributed by atoms with Gasteiger partial charge in [0.05, 0.1) is 31.6 Å². The molecular formula is C74H61N4OSi+. The Morgan fingerprint density at radius 1 is 0.463 bits per heavy atom. The Morgan fingerprint density at radius 3 is 1.75 bits per heavy atom. The average Bonchev–Trinajstić information content (AvgIpc) is 1.34. The van der Waals surface area contributed by atoms with Gasteiger partial charge in [-0.15, -0.1) is 0 Å². The van der Waals surface area contributed by atoms with Gasteiger partial charge in [0.25, 0.3) is 6.33 Å². The second kappa shape index (κ2) is 18.9. The van der Waals surface area contributed by atoms with Gasteiger partial charge in [-0.25, -0.2) is 4.98 Å². The maximum absolute atomic E-state index is 9.84. The second-order valence-corrected chi connectivity index (χ2v) is 25.9. The Bertz CT molecular complexity index is 5220. The van der Waals surface area contributed by atoms with E-state index in [2.05, 4.69) is 104 Å². The minimum Gasteiger partial charge on any atom is -0.457 e. The fourth-order valence-electron chi connectivity index (χ4n) is 11.8. The SMILES string of the molecule is [2H]c1c([2H])c([2H])c([Si](c2ccc3c(c2)-c2cccc(C(C)(C)C)c2-[n+]2cn(-c4cccc(Oc5ccc6c7ccccc7n(-c7cc(C(C)(C)C)ccn7)c6c5)c4)c4cccc(c42)-c2ccccc2-3)(c2c([2H])c([2H])c([2H])c([2H])c2[2H])c2c([2H])c([2H])c([2H])c([2H])c2[2H])c([2H])c1[2H]. The van der Waals surface area contributed by atoms with Crippen molar-refractivity contribution in [3.63, 3.8) is 0 Å². The van der Waals surface area contributed by atoms with Crippen molar-refractivity contribution in [3.8, 4) is 62.1 Å². The molecule has 5 nitrogen and oxygen atoms in total. The van der Waals surface area contributed by atoms with Crippen LogP contribution in [0.25, 0.3) is 83.4 Å². The fourth-order valence-corrected chi connectivity index (χ4v) is 15.7. The van der Waals surface area contributed by atoms with E-state index < -0.39 is 120 Å². The third kappa shape index (κ3) is 7.96. The van der Waals surface area contributed by atoms with Crippen LogP contribution >= 0.6 is 0 Å². The number of para-hydroxylation sites is 3. The summed E-state index contributed by atoms with van der Waals surface area (Å²) < 4.78 is 154. The van der Waals surface area contributed by atoms with Gasteiger partial charge in [-0.3, -0.25) is 4.57 Å². The summed E-state index contributed by atoms with van der Waals surface area (Å²) in [6, 6.07) is 39.0. The van der Waals surface area contributed by atoms with Gasteiger partial charge in [0.15, 0.2) is 19.1 Å². The molecule has 0 radical (unpaired) electrons. The van der Waals surface area contributed by atoms with Crippen LogP contribution in [-0.2, 0) is 10.8 Å². The van der Waals surface area contributed by atoms with E-state index >= 15 is 0 Å². The predicted octanol–water partition coefficient (Wildman–Crippen LogP) is 15.5. The molecule has 1 aliphatic heterocycles. The lowest BCUT2D eigenvalue weighted by molar-refractivity contribution is -0.567. The van der Waals surface area contributed by atoms with Gasteiger partial charge in [0.2, 0.25) is 0 Å². The summed E-state index contributed by atoms with van der Waals surface area (Å²) in [5.74, 6) is 1.97. The summed E-state index contributed by atoms with van der Waals surface area (Å²) in [5.41, 5.74) is 10.5. The maximum atomic E-state index is 9.84. The number of fused-ring (bicyclic) bond motifs is 10. The van der Waals surface area contributed by atoms with E-state index in [1.807, 2.05) is 104 Å². The first kappa shape index (κ1) is 35.2. The van der Waals surface area contributed by atoms with E-state index in [1.54, 1.807) is 18.2 Å². The van der Waals surface area contributed by atoms with E-state index in [0.29, 0.717) is 33.9 Å². The molecule has 0 N–H and O–H groups in total. The summed E-state index contributed by atoms with van der Waals surface area (Å²) in [6.07, 6.45) is 3.89. The first-order valence-electron chi connectivity index (χ1n) is 34.1. The van der Waals surface area contributed by atoms with E-state index in [9.17, 15) is 16.4 Å². The van der Waals surface area contributed by atoms with Crippen molar-refractivity contribution in [2.24, 2.45) is 0 Å². The zero-order chi connectivity index (χ0) is 67.4. The molecule has 0 saturated carbocycles. The lowest BCUT2D eigenvalue weighted by Crippen LogP contribution is -2.74. The van der Waals surface area contributed by atoms with Crippen molar-refractivity contribution in [2.45, 2.75) is 52.4 Å². The summed E-state index contributed by atoms with van der Waals surface area (Å²) in [4.78, 5) is 4.89. The number of ether oxygens (including phenoxy) is 1. The quantitative estimate of drug-likeness (QED) is 0.0864. The van der Waals surface area contributed by atoms with Crippen LogP contribution in [-0.4, -0.2) is 22.2 Å². The molecule has 1 aliphatic rings. The van der Waals surface area contributed by atoms with Crippen LogP contribution in [0.3, 0.4) is 0 Å².